The van der Waals surface area contributed by atoms with Crippen molar-refractivity contribution in [2.75, 3.05) is 0 Å². The molecule has 0 spiro atoms. The summed E-state index contributed by atoms with van der Waals surface area (Å²) >= 11 is 5.75. The molecule has 0 bridgehead atoms. The van der Waals surface area contributed by atoms with Crippen LogP contribution < -0.4 is 4.60 Å². The van der Waals surface area contributed by atoms with Gasteiger partial charge in [0.25, 0.3) is 10.8 Å². The van der Waals surface area contributed by atoms with Gasteiger partial charge in [0.2, 0.25) is 0 Å². The molecule has 0 unspecified atom stereocenters. The van der Waals surface area contributed by atoms with Crippen molar-refractivity contribution in [2.24, 2.45) is 0 Å². The largest absolute Gasteiger partial charge is 0.291 e. The summed E-state index contributed by atoms with van der Waals surface area (Å²) in [4.78, 5) is 11.2. The number of H-pyrrole nitrogens is 1. The number of nitrogens with zero attached hydrogens (tertiary/aromatic N) is 1. The molecule has 0 fully saturated rings. The molecule has 4 nitrogen and oxygen atoms in total. The van der Waals surface area contributed by atoms with Gasteiger partial charge in [-0.15, -0.1) is 0 Å². The number of rotatable bonds is 1. The third kappa shape index (κ3) is 1.44. The van der Waals surface area contributed by atoms with Crippen LogP contribution in [0.4, 0.5) is 0 Å². The summed E-state index contributed by atoms with van der Waals surface area (Å²) in [6, 6.07) is 7.43. The second-order valence-corrected chi connectivity index (χ2v) is 3.36. The van der Waals surface area contributed by atoms with Crippen LogP contribution in [0.2, 0.25) is 5.15 Å². The minimum atomic E-state index is 0.198. The number of halogens is 1. The zero-order valence-electron chi connectivity index (χ0n) is 7.45. The summed E-state index contributed by atoms with van der Waals surface area (Å²) in [6.07, 6.45) is 0. The Labute approximate surface area is 84.6 Å². The normalized spacial score (nSPS) is 10.4. The first kappa shape index (κ1) is 9.02. The summed E-state index contributed by atoms with van der Waals surface area (Å²) in [5.41, 5.74) is 2.14. The van der Waals surface area contributed by atoms with Gasteiger partial charge in [-0.2, -0.15) is 0 Å². The van der Waals surface area contributed by atoms with Crippen LogP contribution in [0.1, 0.15) is 5.56 Å². The lowest BCUT2D eigenvalue weighted by Crippen LogP contribution is -2.11. The molecule has 0 atom stereocenters. The van der Waals surface area contributed by atoms with E-state index in [1.54, 1.807) is 0 Å². The third-order valence-corrected chi connectivity index (χ3v) is 2.19. The maximum Gasteiger partial charge on any atom is 0.291 e. The molecule has 0 saturated heterocycles. The van der Waals surface area contributed by atoms with E-state index in [2.05, 4.69) is 9.79 Å². The second-order valence-electron chi connectivity index (χ2n) is 2.98. The van der Waals surface area contributed by atoms with Crippen molar-refractivity contribution < 1.29 is 9.23 Å². The Kier molecular flexibility index (Phi) is 2.13. The van der Waals surface area contributed by atoms with Crippen LogP contribution in [0.25, 0.3) is 11.3 Å². The number of hydrogen-bond donors (Lipinski definition) is 1. The summed E-state index contributed by atoms with van der Waals surface area (Å²) < 4.78 is 4.84. The predicted molar refractivity (Wildman–Crippen MR) is 51.6 cm³/mol. The lowest BCUT2D eigenvalue weighted by Gasteiger charge is -1.92. The number of aryl methyl sites for hydroxylation is 1. The Morgan fingerprint density at radius 1 is 1.36 bits per heavy atom. The lowest BCUT2D eigenvalue weighted by atomic mass is 10.1. The van der Waals surface area contributed by atoms with Crippen LogP contribution in [0, 0.1) is 11.8 Å². The van der Waals surface area contributed by atoms with Gasteiger partial charge in [-0.3, -0.25) is 0 Å². The smallest absolute Gasteiger partial charge is 0.0865 e. The molecule has 0 aliphatic carbocycles. The maximum atomic E-state index is 11.2. The van der Waals surface area contributed by atoms with E-state index in [-0.39, 0.29) is 5.15 Å². The second kappa shape index (κ2) is 3.31. The first-order chi connectivity index (χ1) is 6.68. The van der Waals surface area contributed by atoms with E-state index < -0.39 is 0 Å². The first-order valence-electron chi connectivity index (χ1n) is 4.05. The van der Waals surface area contributed by atoms with Gasteiger partial charge in [0.15, 0.2) is 4.60 Å². The highest BCUT2D eigenvalue weighted by atomic mass is 35.5. The van der Waals surface area contributed by atoms with Gasteiger partial charge in [0, 0.05) is 5.56 Å². The van der Waals surface area contributed by atoms with E-state index in [0.717, 1.165) is 11.1 Å². The van der Waals surface area contributed by atoms with E-state index in [1.165, 1.54) is 0 Å². The number of nitrogens with one attached hydrogen (secondary N) is 1. The monoisotopic (exact) mass is 211 g/mol. The molecule has 2 rings (SSSR count). The molecule has 1 N–H and O–H groups in total. The summed E-state index contributed by atoms with van der Waals surface area (Å²) in [6.45, 7) is 1.97. The van der Waals surface area contributed by atoms with Crippen LogP contribution in [-0.2, 0) is 0 Å². The van der Waals surface area contributed by atoms with Crippen molar-refractivity contribution in [3.05, 3.63) is 39.9 Å². The average molecular weight is 212 g/mol. The summed E-state index contributed by atoms with van der Waals surface area (Å²) in [5.74, 6) is 0. The zero-order valence-corrected chi connectivity index (χ0v) is 8.21. The predicted octanol–water partition coefficient (Wildman–Crippen LogP) is 2.15. The van der Waals surface area contributed by atoms with Crippen molar-refractivity contribution in [1.82, 2.24) is 5.16 Å². The van der Waals surface area contributed by atoms with Gasteiger partial charge in [-0.1, -0.05) is 27.5 Å². The van der Waals surface area contributed by atoms with Crippen LogP contribution in [0.5, 0.6) is 0 Å². The molecule has 5 heteroatoms. The number of aromatic amines is 1. The van der Waals surface area contributed by atoms with E-state index in [4.69, 9.17) is 11.6 Å². The quantitative estimate of drug-likeness (QED) is 0.786. The van der Waals surface area contributed by atoms with Gasteiger partial charge >= 0.3 is 0 Å². The molecule has 72 valence electrons. The zero-order chi connectivity index (χ0) is 10.1. The molecule has 0 saturated carbocycles. The van der Waals surface area contributed by atoms with Gasteiger partial charge < -0.3 is 0 Å². The Morgan fingerprint density at radius 3 is 2.50 bits per heavy atom. The fourth-order valence-corrected chi connectivity index (χ4v) is 1.41. The van der Waals surface area contributed by atoms with Crippen LogP contribution in [-0.4, -0.2) is 5.16 Å². The molecule has 1 aromatic heterocycles. The SMILES string of the molecule is Cc1ccc(-c2c(Cl)[nH]o[n+]2=O)cc1. The van der Waals surface area contributed by atoms with Gasteiger partial charge in [-0.25, -0.2) is 0 Å². The molecule has 0 aliphatic heterocycles. The van der Waals surface area contributed by atoms with Crippen LogP contribution >= 0.6 is 11.6 Å². The van der Waals surface area contributed by atoms with Gasteiger partial charge in [0.05, 0.1) is 0 Å². The minimum absolute atomic E-state index is 0.198. The Balaban J connectivity index is 2.60. The Hall–Kier alpha value is -1.55. The Bertz CT molecular complexity index is 498. The fraction of sp³-hybridized carbons (Fsp3) is 0.111. The van der Waals surface area contributed by atoms with Crippen molar-refractivity contribution in [3.63, 3.8) is 0 Å². The average Bonchev–Trinajstić information content (AvgIpc) is 2.49. The molecule has 2 aromatic rings. The van der Waals surface area contributed by atoms with Crippen LogP contribution in [0.3, 0.4) is 0 Å². The molecular weight excluding hydrogens is 204 g/mol. The molecular formula is C9H8ClN2O2+. The number of benzene rings is 1. The first-order valence-corrected chi connectivity index (χ1v) is 4.43. The van der Waals surface area contributed by atoms with E-state index in [0.29, 0.717) is 10.3 Å². The highest BCUT2D eigenvalue weighted by molar-refractivity contribution is 6.31. The molecule has 14 heavy (non-hydrogen) atoms. The van der Waals surface area contributed by atoms with Crippen molar-refractivity contribution in [1.29, 1.82) is 0 Å². The standard InChI is InChI=1S/C9H8ClN2O2/c1-6-2-4-7(5-3-6)8-9(10)11-14-12(8)13/h2-5,11H,1H3/q+1. The molecule has 0 aliphatic rings. The highest BCUT2D eigenvalue weighted by Gasteiger charge is 2.19. The van der Waals surface area contributed by atoms with E-state index >= 15 is 0 Å². The molecule has 1 heterocycles. The number of hydrogen-bond acceptors (Lipinski definition) is 2. The van der Waals surface area contributed by atoms with Crippen LogP contribution in [0.15, 0.2) is 28.9 Å². The number of aromatic nitrogens is 2. The highest BCUT2D eigenvalue weighted by Crippen LogP contribution is 2.21. The minimum Gasteiger partial charge on any atom is -0.0865 e. The van der Waals surface area contributed by atoms with Crippen molar-refractivity contribution in [3.8, 4) is 11.3 Å². The topological polar surface area (TPSA) is 51.9 Å². The maximum absolute atomic E-state index is 11.2. The molecule has 0 amide bonds. The summed E-state index contributed by atoms with van der Waals surface area (Å²) in [7, 11) is 0. The van der Waals surface area contributed by atoms with Crippen molar-refractivity contribution in [2.45, 2.75) is 6.92 Å². The fourth-order valence-electron chi connectivity index (χ4n) is 1.20. The summed E-state index contributed by atoms with van der Waals surface area (Å²) in [5, 5.41) is 2.49. The lowest BCUT2D eigenvalue weighted by molar-refractivity contribution is -0.704. The Morgan fingerprint density at radius 2 is 2.00 bits per heavy atom. The van der Waals surface area contributed by atoms with E-state index in [9.17, 15) is 4.91 Å². The van der Waals surface area contributed by atoms with Crippen molar-refractivity contribution >= 4 is 11.6 Å². The molecule has 1 aromatic carbocycles. The van der Waals surface area contributed by atoms with E-state index in [1.807, 2.05) is 31.2 Å². The van der Waals surface area contributed by atoms with Gasteiger partial charge in [0.1, 0.15) is 0 Å². The molecule has 0 radical (unpaired) electrons. The van der Waals surface area contributed by atoms with Gasteiger partial charge in [-0.05, 0) is 35.6 Å². The third-order valence-electron chi connectivity index (χ3n) is 1.93.